The molecule has 0 spiro atoms. The molecule has 3 aromatic carbocycles. The van der Waals surface area contributed by atoms with Gasteiger partial charge in [0.1, 0.15) is 18.0 Å². The molecular weight excluding hydrogens is 559 g/mol. The molecule has 0 atom stereocenters. The Kier molecular flexibility index (Phi) is 7.58. The summed E-state index contributed by atoms with van der Waals surface area (Å²) < 4.78 is 76.2. The number of anilines is 1. The highest BCUT2D eigenvalue weighted by Gasteiger charge is 2.37. The van der Waals surface area contributed by atoms with Crippen LogP contribution in [0.1, 0.15) is 23.6 Å². The lowest BCUT2D eigenvalue weighted by Gasteiger charge is -2.15. The van der Waals surface area contributed by atoms with Gasteiger partial charge in [-0.1, -0.05) is 40.2 Å². The molecular formula is C27H18BrF5N2O2. The van der Waals surface area contributed by atoms with Crippen LogP contribution in [0.15, 0.2) is 70.3 Å². The first-order chi connectivity index (χ1) is 17.6. The lowest BCUT2D eigenvalue weighted by molar-refractivity contribution is -0.114. The predicted molar refractivity (Wildman–Crippen MR) is 134 cm³/mol. The Bertz CT molecular complexity index is 1440. The lowest BCUT2D eigenvalue weighted by Crippen LogP contribution is -2.25. The van der Waals surface area contributed by atoms with Crippen molar-refractivity contribution in [2.24, 2.45) is 5.10 Å². The van der Waals surface area contributed by atoms with E-state index in [4.69, 9.17) is 4.74 Å². The quantitative estimate of drug-likeness (QED) is 0.0976. The average Bonchev–Trinajstić information content (AvgIpc) is 3.15. The van der Waals surface area contributed by atoms with Crippen LogP contribution < -0.4 is 9.75 Å². The molecule has 0 bridgehead atoms. The topological polar surface area (TPSA) is 41.9 Å². The minimum absolute atomic E-state index is 0.0368. The van der Waals surface area contributed by atoms with Crippen molar-refractivity contribution in [2.45, 2.75) is 20.0 Å². The van der Waals surface area contributed by atoms with Crippen molar-refractivity contribution >= 4 is 39.3 Å². The average molecular weight is 577 g/mol. The van der Waals surface area contributed by atoms with Gasteiger partial charge >= 0.3 is 0 Å². The minimum atomic E-state index is -2.32. The van der Waals surface area contributed by atoms with E-state index < -0.39 is 40.7 Å². The number of rotatable bonds is 7. The van der Waals surface area contributed by atoms with Gasteiger partial charge < -0.3 is 4.74 Å². The van der Waals surface area contributed by atoms with Crippen molar-refractivity contribution in [1.82, 2.24) is 0 Å². The van der Waals surface area contributed by atoms with Crippen molar-refractivity contribution in [3.63, 3.8) is 0 Å². The van der Waals surface area contributed by atoms with E-state index in [9.17, 15) is 26.7 Å². The fourth-order valence-corrected chi connectivity index (χ4v) is 3.93. The van der Waals surface area contributed by atoms with Gasteiger partial charge in [-0.15, -0.1) is 6.58 Å². The van der Waals surface area contributed by atoms with Crippen LogP contribution in [-0.4, -0.2) is 11.6 Å². The number of hydrogen-bond acceptors (Lipinski definition) is 3. The zero-order valence-electron chi connectivity index (χ0n) is 19.3. The van der Waals surface area contributed by atoms with E-state index in [0.29, 0.717) is 24.3 Å². The zero-order valence-corrected chi connectivity index (χ0v) is 20.9. The molecule has 0 saturated carbocycles. The van der Waals surface area contributed by atoms with Crippen molar-refractivity contribution in [2.75, 3.05) is 5.01 Å². The summed E-state index contributed by atoms with van der Waals surface area (Å²) in [7, 11) is 0. The molecule has 0 aromatic heterocycles. The number of carbonyl (C=O) groups is 1. The molecule has 0 unspecified atom stereocenters. The van der Waals surface area contributed by atoms with Crippen molar-refractivity contribution in [1.29, 1.82) is 0 Å². The molecule has 0 saturated heterocycles. The Labute approximate surface area is 217 Å². The van der Waals surface area contributed by atoms with Crippen molar-refractivity contribution in [3.05, 3.63) is 111 Å². The van der Waals surface area contributed by atoms with Crippen LogP contribution in [0, 0.1) is 29.1 Å². The molecule has 10 heteroatoms. The smallest absolute Gasteiger partial charge is 0.280 e. The highest BCUT2D eigenvalue weighted by Crippen LogP contribution is 2.34. The fourth-order valence-electron chi connectivity index (χ4n) is 3.67. The molecule has 4 rings (SSSR count). The Morgan fingerprint density at radius 3 is 2.22 bits per heavy atom. The highest BCUT2D eigenvalue weighted by atomic mass is 79.9. The van der Waals surface area contributed by atoms with Gasteiger partial charge in [0.25, 0.3) is 5.91 Å². The molecule has 0 radical (unpaired) electrons. The van der Waals surface area contributed by atoms with Crippen molar-refractivity contribution < 1.29 is 31.5 Å². The Hall–Kier alpha value is -3.79. The normalized spacial score (nSPS) is 14.4. The Morgan fingerprint density at radius 1 is 0.973 bits per heavy atom. The number of amides is 1. The molecule has 0 fully saturated rings. The number of ether oxygens (including phenoxy) is 1. The number of carbonyl (C=O) groups excluding carboxylic acids is 1. The molecule has 3 aromatic rings. The third-order valence-electron chi connectivity index (χ3n) is 5.53. The predicted octanol–water partition coefficient (Wildman–Crippen LogP) is 7.26. The second kappa shape index (κ2) is 10.7. The van der Waals surface area contributed by atoms with Crippen LogP contribution in [-0.2, 0) is 17.8 Å². The summed E-state index contributed by atoms with van der Waals surface area (Å²) >= 11 is 3.38. The number of nitrogens with zero attached hydrogens (tertiary/aromatic N) is 2. The van der Waals surface area contributed by atoms with E-state index in [0.717, 1.165) is 15.6 Å². The number of allylic oxidation sites excluding steroid dienone is 1. The second-order valence-electron chi connectivity index (χ2n) is 8.05. The molecule has 1 aliphatic rings. The van der Waals surface area contributed by atoms with Gasteiger partial charge in [0.2, 0.25) is 5.82 Å². The standard InChI is InChI=1S/C27H18BrF5N2O2/c1-3-4-17-11-16(7-10-20(17)37-13-15-5-8-18(28)9-6-15)12-19-14(2)34-35(27(19)36)26-24(32)22(30)21(29)23(31)25(26)33/h3,5-12H,1,4,13H2,2H3/b19-12+. The SMILES string of the molecule is C=CCc1cc(/C=C2/C(=O)N(c3c(F)c(F)c(F)c(F)c3F)N=C2C)ccc1OCc1ccc(Br)cc1. The summed E-state index contributed by atoms with van der Waals surface area (Å²) in [6.45, 7) is 5.45. The van der Waals surface area contributed by atoms with Gasteiger partial charge in [0, 0.05) is 4.47 Å². The van der Waals surface area contributed by atoms with E-state index >= 15 is 0 Å². The first-order valence-electron chi connectivity index (χ1n) is 10.9. The third kappa shape index (κ3) is 5.20. The summed E-state index contributed by atoms with van der Waals surface area (Å²) in [5, 5.41) is 3.93. The highest BCUT2D eigenvalue weighted by molar-refractivity contribution is 9.10. The zero-order chi connectivity index (χ0) is 26.9. The summed E-state index contributed by atoms with van der Waals surface area (Å²) in [6, 6.07) is 12.7. The van der Waals surface area contributed by atoms with E-state index in [1.165, 1.54) is 13.0 Å². The van der Waals surface area contributed by atoms with Crippen LogP contribution >= 0.6 is 15.9 Å². The van der Waals surface area contributed by atoms with E-state index in [1.54, 1.807) is 24.3 Å². The van der Waals surface area contributed by atoms with Gasteiger partial charge in [-0.2, -0.15) is 10.1 Å². The summed E-state index contributed by atoms with van der Waals surface area (Å²) in [5.74, 6) is -11.4. The van der Waals surface area contributed by atoms with E-state index in [1.807, 2.05) is 24.3 Å². The second-order valence-corrected chi connectivity index (χ2v) is 8.97. The van der Waals surface area contributed by atoms with Crippen LogP contribution in [0.3, 0.4) is 0 Å². The summed E-state index contributed by atoms with van der Waals surface area (Å²) in [4.78, 5) is 12.9. The van der Waals surface area contributed by atoms with Crippen LogP contribution in [0.25, 0.3) is 6.08 Å². The molecule has 0 N–H and O–H groups in total. The molecule has 190 valence electrons. The molecule has 1 heterocycles. The Balaban J connectivity index is 1.63. The number of hydrogen-bond donors (Lipinski definition) is 0. The maximum Gasteiger partial charge on any atom is 0.280 e. The van der Waals surface area contributed by atoms with Crippen molar-refractivity contribution in [3.8, 4) is 5.75 Å². The molecule has 1 aliphatic heterocycles. The molecule has 37 heavy (non-hydrogen) atoms. The molecule has 0 aliphatic carbocycles. The largest absolute Gasteiger partial charge is 0.489 e. The maximum atomic E-state index is 14.3. The lowest BCUT2D eigenvalue weighted by atomic mass is 10.0. The minimum Gasteiger partial charge on any atom is -0.489 e. The third-order valence-corrected chi connectivity index (χ3v) is 6.06. The summed E-state index contributed by atoms with van der Waals surface area (Å²) in [6.07, 6.45) is 3.54. The number of halogens is 6. The van der Waals surface area contributed by atoms with Gasteiger partial charge in [-0.05, 0) is 60.4 Å². The number of hydrazone groups is 1. The van der Waals surface area contributed by atoms with Crippen LogP contribution in [0.2, 0.25) is 0 Å². The Morgan fingerprint density at radius 2 is 1.59 bits per heavy atom. The van der Waals surface area contributed by atoms with Gasteiger partial charge in [-0.25, -0.2) is 22.0 Å². The maximum absolute atomic E-state index is 14.3. The van der Waals surface area contributed by atoms with Gasteiger partial charge in [0.05, 0.1) is 11.3 Å². The van der Waals surface area contributed by atoms with Gasteiger partial charge in [0.15, 0.2) is 23.3 Å². The van der Waals surface area contributed by atoms with Gasteiger partial charge in [-0.3, -0.25) is 4.79 Å². The molecule has 4 nitrogen and oxygen atoms in total. The van der Waals surface area contributed by atoms with E-state index in [2.05, 4.69) is 27.6 Å². The van der Waals surface area contributed by atoms with Crippen LogP contribution in [0.4, 0.5) is 27.6 Å². The van der Waals surface area contributed by atoms with Crippen LogP contribution in [0.5, 0.6) is 5.75 Å². The summed E-state index contributed by atoms with van der Waals surface area (Å²) in [5.41, 5.74) is 0.777. The monoisotopic (exact) mass is 576 g/mol. The first kappa shape index (κ1) is 26.3. The first-order valence-corrected chi connectivity index (χ1v) is 11.7. The fraction of sp³-hybridized carbons (Fsp3) is 0.111. The number of benzene rings is 3. The molecule has 1 amide bonds. The van der Waals surface area contributed by atoms with E-state index in [-0.39, 0.29) is 16.3 Å².